The molecule has 20 heavy (non-hydrogen) atoms. The van der Waals surface area contributed by atoms with Gasteiger partial charge in [0.15, 0.2) is 0 Å². The van der Waals surface area contributed by atoms with E-state index < -0.39 is 0 Å². The molecule has 3 nitrogen and oxygen atoms in total. The van der Waals surface area contributed by atoms with Crippen molar-refractivity contribution in [2.24, 2.45) is 0 Å². The Morgan fingerprint density at radius 1 is 1.25 bits per heavy atom. The minimum Gasteiger partial charge on any atom is -0.330 e. The van der Waals surface area contributed by atoms with E-state index in [9.17, 15) is 5.26 Å². The van der Waals surface area contributed by atoms with Crippen LogP contribution in [0.2, 0.25) is 0 Å². The number of imidazole rings is 1. The van der Waals surface area contributed by atoms with Gasteiger partial charge in [0, 0.05) is 12.2 Å². The van der Waals surface area contributed by atoms with Gasteiger partial charge >= 0.3 is 0 Å². The third kappa shape index (κ3) is 2.34. The molecule has 0 saturated carbocycles. The number of aryl methyl sites for hydroxylation is 2. The summed E-state index contributed by atoms with van der Waals surface area (Å²) in [5, 5.41) is 9.49. The lowest BCUT2D eigenvalue weighted by Gasteiger charge is -2.17. The molecule has 0 saturated heterocycles. The van der Waals surface area contributed by atoms with Crippen LogP contribution in [-0.4, -0.2) is 9.55 Å². The molecule has 0 bridgehead atoms. The molecule has 0 spiro atoms. The van der Waals surface area contributed by atoms with Crippen molar-refractivity contribution in [2.75, 3.05) is 0 Å². The van der Waals surface area contributed by atoms with E-state index in [-0.39, 0.29) is 5.92 Å². The van der Waals surface area contributed by atoms with E-state index in [2.05, 4.69) is 22.5 Å². The molecule has 102 valence electrons. The van der Waals surface area contributed by atoms with Crippen LogP contribution in [0.4, 0.5) is 0 Å². The summed E-state index contributed by atoms with van der Waals surface area (Å²) >= 11 is 0. The van der Waals surface area contributed by atoms with Crippen molar-refractivity contribution in [1.82, 2.24) is 9.55 Å². The Balaban J connectivity index is 1.91. The van der Waals surface area contributed by atoms with Gasteiger partial charge in [-0.3, -0.25) is 0 Å². The third-order valence-corrected chi connectivity index (χ3v) is 4.15. The lowest BCUT2D eigenvalue weighted by molar-refractivity contribution is 0.573. The van der Waals surface area contributed by atoms with Gasteiger partial charge in [0.25, 0.3) is 0 Å². The SMILES string of the molecule is Cc1nc2c(n1CC(C#N)c1ccccc1)CCCC2. The molecular weight excluding hydrogens is 246 g/mol. The standard InChI is InChI=1S/C17H19N3/c1-13-19-16-9-5-6-10-17(16)20(13)12-15(11-18)14-7-3-2-4-8-14/h2-4,7-8,15H,5-6,9-10,12H2,1H3. The summed E-state index contributed by atoms with van der Waals surface area (Å²) in [5.74, 6) is 0.947. The predicted molar refractivity (Wildman–Crippen MR) is 78.4 cm³/mol. The van der Waals surface area contributed by atoms with Gasteiger partial charge in [-0.2, -0.15) is 5.26 Å². The van der Waals surface area contributed by atoms with Crippen LogP contribution in [-0.2, 0) is 19.4 Å². The molecule has 1 aliphatic rings. The molecule has 1 aromatic carbocycles. The zero-order valence-corrected chi connectivity index (χ0v) is 11.8. The van der Waals surface area contributed by atoms with Gasteiger partial charge in [-0.1, -0.05) is 30.3 Å². The minimum atomic E-state index is -0.102. The van der Waals surface area contributed by atoms with Crippen LogP contribution in [0.3, 0.4) is 0 Å². The predicted octanol–water partition coefficient (Wildman–Crippen LogP) is 3.38. The number of rotatable bonds is 3. The van der Waals surface area contributed by atoms with Gasteiger partial charge < -0.3 is 4.57 Å². The van der Waals surface area contributed by atoms with Crippen LogP contribution >= 0.6 is 0 Å². The smallest absolute Gasteiger partial charge is 0.106 e. The molecule has 1 aliphatic carbocycles. The third-order valence-electron chi connectivity index (χ3n) is 4.15. The van der Waals surface area contributed by atoms with Gasteiger partial charge in [0.05, 0.1) is 17.7 Å². The molecule has 1 atom stereocenters. The van der Waals surface area contributed by atoms with Crippen molar-refractivity contribution in [1.29, 1.82) is 5.26 Å². The fourth-order valence-electron chi connectivity index (χ4n) is 3.07. The first-order valence-electron chi connectivity index (χ1n) is 7.29. The maximum absolute atomic E-state index is 9.49. The number of fused-ring (bicyclic) bond motifs is 1. The quantitative estimate of drug-likeness (QED) is 0.853. The fraction of sp³-hybridized carbons (Fsp3) is 0.412. The second kappa shape index (κ2) is 5.50. The Labute approximate surface area is 119 Å². The van der Waals surface area contributed by atoms with Crippen LogP contribution in [0.1, 0.15) is 41.5 Å². The van der Waals surface area contributed by atoms with Gasteiger partial charge in [-0.25, -0.2) is 4.98 Å². The number of hydrogen-bond donors (Lipinski definition) is 0. The molecular formula is C17H19N3. The lowest BCUT2D eigenvalue weighted by Crippen LogP contribution is -2.14. The monoisotopic (exact) mass is 265 g/mol. The summed E-state index contributed by atoms with van der Waals surface area (Å²) < 4.78 is 2.26. The molecule has 2 aromatic rings. The lowest BCUT2D eigenvalue weighted by atomic mass is 9.98. The van der Waals surface area contributed by atoms with Crippen LogP contribution in [0.15, 0.2) is 30.3 Å². The fourth-order valence-corrected chi connectivity index (χ4v) is 3.07. The van der Waals surface area contributed by atoms with E-state index in [1.54, 1.807) is 0 Å². The van der Waals surface area contributed by atoms with E-state index in [0.717, 1.165) is 24.2 Å². The Morgan fingerprint density at radius 2 is 2.00 bits per heavy atom. The minimum absolute atomic E-state index is 0.102. The highest BCUT2D eigenvalue weighted by Crippen LogP contribution is 2.25. The van der Waals surface area contributed by atoms with Gasteiger partial charge in [0.1, 0.15) is 5.82 Å². The summed E-state index contributed by atoms with van der Waals surface area (Å²) in [6, 6.07) is 12.5. The van der Waals surface area contributed by atoms with E-state index in [1.165, 1.54) is 24.2 Å². The largest absolute Gasteiger partial charge is 0.330 e. The molecule has 1 aromatic heterocycles. The van der Waals surface area contributed by atoms with Crippen molar-refractivity contribution < 1.29 is 0 Å². The highest BCUT2D eigenvalue weighted by Gasteiger charge is 2.20. The summed E-state index contributed by atoms with van der Waals surface area (Å²) in [7, 11) is 0. The Kier molecular flexibility index (Phi) is 3.56. The van der Waals surface area contributed by atoms with Gasteiger partial charge in [-0.15, -0.1) is 0 Å². The first-order valence-corrected chi connectivity index (χ1v) is 7.29. The topological polar surface area (TPSA) is 41.6 Å². The number of benzene rings is 1. The van der Waals surface area contributed by atoms with Crippen molar-refractivity contribution in [3.63, 3.8) is 0 Å². The summed E-state index contributed by atoms with van der Waals surface area (Å²) in [5.41, 5.74) is 3.69. The molecule has 3 heteroatoms. The summed E-state index contributed by atoms with van der Waals surface area (Å²) in [6.07, 6.45) is 4.67. The van der Waals surface area contributed by atoms with Crippen molar-refractivity contribution in [3.05, 3.63) is 53.1 Å². The number of nitriles is 1. The van der Waals surface area contributed by atoms with Crippen LogP contribution in [0, 0.1) is 18.3 Å². The van der Waals surface area contributed by atoms with Crippen LogP contribution in [0.5, 0.6) is 0 Å². The maximum Gasteiger partial charge on any atom is 0.106 e. The molecule has 1 heterocycles. The second-order valence-electron chi connectivity index (χ2n) is 5.46. The van der Waals surface area contributed by atoms with Crippen molar-refractivity contribution in [3.8, 4) is 6.07 Å². The van der Waals surface area contributed by atoms with Gasteiger partial charge in [-0.05, 0) is 38.2 Å². The molecule has 0 fully saturated rings. The molecule has 0 aliphatic heterocycles. The van der Waals surface area contributed by atoms with E-state index >= 15 is 0 Å². The zero-order chi connectivity index (χ0) is 13.9. The highest BCUT2D eigenvalue weighted by molar-refractivity contribution is 5.26. The average Bonchev–Trinajstić information content (AvgIpc) is 2.81. The number of aromatic nitrogens is 2. The Bertz CT molecular complexity index is 634. The molecule has 0 amide bonds. The van der Waals surface area contributed by atoms with Crippen molar-refractivity contribution in [2.45, 2.75) is 45.1 Å². The van der Waals surface area contributed by atoms with E-state index in [4.69, 9.17) is 0 Å². The molecule has 1 unspecified atom stereocenters. The Hall–Kier alpha value is -2.08. The van der Waals surface area contributed by atoms with E-state index in [1.807, 2.05) is 30.3 Å². The van der Waals surface area contributed by atoms with Crippen LogP contribution in [0.25, 0.3) is 0 Å². The maximum atomic E-state index is 9.49. The van der Waals surface area contributed by atoms with Crippen LogP contribution < -0.4 is 0 Å². The average molecular weight is 265 g/mol. The molecule has 0 radical (unpaired) electrons. The number of hydrogen-bond acceptors (Lipinski definition) is 2. The second-order valence-corrected chi connectivity index (χ2v) is 5.46. The van der Waals surface area contributed by atoms with E-state index in [0.29, 0.717) is 6.54 Å². The molecule has 3 rings (SSSR count). The van der Waals surface area contributed by atoms with Gasteiger partial charge in [0.2, 0.25) is 0 Å². The Morgan fingerprint density at radius 3 is 2.75 bits per heavy atom. The molecule has 0 N–H and O–H groups in total. The van der Waals surface area contributed by atoms with Crippen molar-refractivity contribution >= 4 is 0 Å². The normalized spacial score (nSPS) is 15.4. The summed E-state index contributed by atoms with van der Waals surface area (Å²) in [4.78, 5) is 4.69. The number of nitrogens with zero attached hydrogens (tertiary/aromatic N) is 3. The first-order chi connectivity index (χ1) is 9.79. The first kappa shape index (κ1) is 12.9. The summed E-state index contributed by atoms with van der Waals surface area (Å²) in [6.45, 7) is 2.77. The highest BCUT2D eigenvalue weighted by atomic mass is 15.1. The zero-order valence-electron chi connectivity index (χ0n) is 11.8.